The quantitative estimate of drug-likeness (QED) is 0.509. The summed E-state index contributed by atoms with van der Waals surface area (Å²) in [6.07, 6.45) is 2.24. The summed E-state index contributed by atoms with van der Waals surface area (Å²) in [6, 6.07) is 4.41. The lowest BCUT2D eigenvalue weighted by Gasteiger charge is -2.13. The lowest BCUT2D eigenvalue weighted by molar-refractivity contribution is -0.384. The number of benzene rings is 1. The minimum atomic E-state index is -0.512. The molecule has 0 radical (unpaired) electrons. The van der Waals surface area contributed by atoms with Gasteiger partial charge in [-0.05, 0) is 24.7 Å². The molecule has 0 unspecified atom stereocenters. The number of ether oxygens (including phenoxy) is 1. The van der Waals surface area contributed by atoms with E-state index in [0.29, 0.717) is 12.4 Å². The molecule has 6 heteroatoms. The maximum absolute atomic E-state index is 10.6. The van der Waals surface area contributed by atoms with E-state index >= 15 is 0 Å². The molecule has 1 saturated carbocycles. The lowest BCUT2D eigenvalue weighted by Crippen LogP contribution is -2.14. The first-order chi connectivity index (χ1) is 8.06. The van der Waals surface area contributed by atoms with Gasteiger partial charge in [0.1, 0.15) is 10.8 Å². The minimum Gasteiger partial charge on any atom is -0.493 e. The van der Waals surface area contributed by atoms with Crippen molar-refractivity contribution in [1.82, 2.24) is 0 Å². The predicted molar refractivity (Wildman–Crippen MR) is 69.1 cm³/mol. The van der Waals surface area contributed by atoms with Gasteiger partial charge in [-0.15, -0.1) is 0 Å². The van der Waals surface area contributed by atoms with E-state index in [1.807, 2.05) is 0 Å². The van der Waals surface area contributed by atoms with E-state index in [2.05, 4.69) is 12.6 Å². The van der Waals surface area contributed by atoms with Gasteiger partial charge in [-0.25, -0.2) is 0 Å². The van der Waals surface area contributed by atoms with E-state index in [9.17, 15) is 10.1 Å². The molecule has 0 N–H and O–H groups in total. The van der Waals surface area contributed by atoms with Crippen LogP contribution in [0, 0.1) is 15.5 Å². The van der Waals surface area contributed by atoms with Crippen molar-refractivity contribution in [1.29, 1.82) is 0 Å². The zero-order valence-electron chi connectivity index (χ0n) is 9.06. The maximum Gasteiger partial charge on any atom is 0.288 e. The molecule has 1 fully saturated rings. The van der Waals surface area contributed by atoms with Crippen molar-refractivity contribution >= 4 is 29.9 Å². The standard InChI is InChI=1S/C11H12ClNO3S/c12-9-5-8(1-2-10(9)13(14)15)16-6-11(7-17)3-4-11/h1-2,5,17H,3-4,6-7H2. The van der Waals surface area contributed by atoms with E-state index in [0.717, 1.165) is 18.6 Å². The molecular formula is C11H12ClNO3S. The molecular weight excluding hydrogens is 262 g/mol. The van der Waals surface area contributed by atoms with Crippen LogP contribution in [0.5, 0.6) is 5.75 Å². The van der Waals surface area contributed by atoms with Crippen LogP contribution < -0.4 is 4.74 Å². The SMILES string of the molecule is O=[N+]([O-])c1ccc(OCC2(CS)CC2)cc1Cl. The van der Waals surface area contributed by atoms with Gasteiger partial charge in [-0.3, -0.25) is 10.1 Å². The van der Waals surface area contributed by atoms with E-state index in [1.165, 1.54) is 12.1 Å². The molecule has 4 nitrogen and oxygen atoms in total. The van der Waals surface area contributed by atoms with Gasteiger partial charge in [-0.2, -0.15) is 12.6 Å². The Morgan fingerprint density at radius 3 is 2.71 bits per heavy atom. The van der Waals surface area contributed by atoms with Crippen LogP contribution in [0.25, 0.3) is 0 Å². The second-order valence-electron chi connectivity index (χ2n) is 4.32. The Balaban J connectivity index is 2.03. The highest BCUT2D eigenvalue weighted by molar-refractivity contribution is 7.80. The van der Waals surface area contributed by atoms with Gasteiger partial charge in [0.2, 0.25) is 0 Å². The second kappa shape index (κ2) is 4.74. The van der Waals surface area contributed by atoms with Crippen LogP contribution in [0.1, 0.15) is 12.8 Å². The molecule has 0 spiro atoms. The fourth-order valence-electron chi connectivity index (χ4n) is 1.49. The number of halogens is 1. The molecule has 17 heavy (non-hydrogen) atoms. The Morgan fingerprint density at radius 1 is 1.53 bits per heavy atom. The average molecular weight is 274 g/mol. The minimum absolute atomic E-state index is 0.100. The molecule has 0 heterocycles. The smallest absolute Gasteiger partial charge is 0.288 e. The number of hydrogen-bond acceptors (Lipinski definition) is 4. The van der Waals surface area contributed by atoms with Crippen LogP contribution in [0.4, 0.5) is 5.69 Å². The van der Waals surface area contributed by atoms with Crippen molar-refractivity contribution in [2.45, 2.75) is 12.8 Å². The zero-order chi connectivity index (χ0) is 12.5. The van der Waals surface area contributed by atoms with Crippen LogP contribution >= 0.6 is 24.2 Å². The highest BCUT2D eigenvalue weighted by Crippen LogP contribution is 2.46. The summed E-state index contributed by atoms with van der Waals surface area (Å²) in [5, 5.41) is 10.7. The monoisotopic (exact) mass is 273 g/mol. The van der Waals surface area contributed by atoms with Crippen molar-refractivity contribution < 1.29 is 9.66 Å². The molecule has 0 aromatic heterocycles. The number of nitro benzene ring substituents is 1. The predicted octanol–water partition coefficient (Wildman–Crippen LogP) is 3.34. The van der Waals surface area contributed by atoms with E-state index in [-0.39, 0.29) is 16.1 Å². The number of rotatable bonds is 5. The lowest BCUT2D eigenvalue weighted by atomic mass is 10.2. The van der Waals surface area contributed by atoms with E-state index in [4.69, 9.17) is 16.3 Å². The van der Waals surface area contributed by atoms with Crippen LogP contribution in [0.3, 0.4) is 0 Å². The number of nitrogens with zero attached hydrogens (tertiary/aromatic N) is 1. The van der Waals surface area contributed by atoms with Crippen LogP contribution in [-0.4, -0.2) is 17.3 Å². The van der Waals surface area contributed by atoms with Crippen molar-refractivity contribution in [2.24, 2.45) is 5.41 Å². The van der Waals surface area contributed by atoms with Crippen molar-refractivity contribution in [3.8, 4) is 5.75 Å². The molecule has 0 atom stereocenters. The van der Waals surface area contributed by atoms with Gasteiger partial charge in [0.05, 0.1) is 11.5 Å². The highest BCUT2D eigenvalue weighted by atomic mass is 35.5. The van der Waals surface area contributed by atoms with Crippen LogP contribution in [-0.2, 0) is 0 Å². The Morgan fingerprint density at radius 2 is 2.24 bits per heavy atom. The third kappa shape index (κ3) is 2.84. The van der Waals surface area contributed by atoms with Gasteiger partial charge in [0.15, 0.2) is 0 Å². The normalized spacial score (nSPS) is 16.6. The summed E-state index contributed by atoms with van der Waals surface area (Å²) >= 11 is 10.1. The van der Waals surface area contributed by atoms with Crippen molar-refractivity contribution in [3.63, 3.8) is 0 Å². The summed E-state index contributed by atoms with van der Waals surface area (Å²) in [7, 11) is 0. The van der Waals surface area contributed by atoms with Gasteiger partial charge < -0.3 is 4.74 Å². The summed E-state index contributed by atoms with van der Waals surface area (Å²) in [4.78, 5) is 10.1. The Kier molecular flexibility index (Phi) is 3.49. The summed E-state index contributed by atoms with van der Waals surface area (Å²) in [5.74, 6) is 1.36. The zero-order valence-corrected chi connectivity index (χ0v) is 10.7. The summed E-state index contributed by atoms with van der Waals surface area (Å²) in [5.41, 5.74) is 0.0894. The Bertz CT molecular complexity index is 448. The average Bonchev–Trinajstić information content (AvgIpc) is 3.07. The third-order valence-corrected chi connectivity index (χ3v) is 3.93. The number of nitro groups is 1. The molecule has 1 aliphatic carbocycles. The number of thiol groups is 1. The molecule has 0 aliphatic heterocycles. The fourth-order valence-corrected chi connectivity index (χ4v) is 2.13. The summed E-state index contributed by atoms with van der Waals surface area (Å²) < 4.78 is 5.58. The van der Waals surface area contributed by atoms with Gasteiger partial charge in [-0.1, -0.05) is 11.6 Å². The molecule has 92 valence electrons. The molecule has 1 aromatic rings. The van der Waals surface area contributed by atoms with Crippen LogP contribution in [0.2, 0.25) is 5.02 Å². The number of hydrogen-bond donors (Lipinski definition) is 1. The largest absolute Gasteiger partial charge is 0.493 e. The topological polar surface area (TPSA) is 52.4 Å². The first kappa shape index (κ1) is 12.5. The second-order valence-corrected chi connectivity index (χ2v) is 5.04. The first-order valence-corrected chi connectivity index (χ1v) is 6.25. The van der Waals surface area contributed by atoms with Gasteiger partial charge >= 0.3 is 0 Å². The molecule has 1 aromatic carbocycles. The van der Waals surface area contributed by atoms with Crippen LogP contribution in [0.15, 0.2) is 18.2 Å². The van der Waals surface area contributed by atoms with Crippen molar-refractivity contribution in [2.75, 3.05) is 12.4 Å². The van der Waals surface area contributed by atoms with E-state index in [1.54, 1.807) is 6.07 Å². The first-order valence-electron chi connectivity index (χ1n) is 5.24. The molecule has 0 amide bonds. The van der Waals surface area contributed by atoms with Gasteiger partial charge in [0.25, 0.3) is 5.69 Å². The Hall–Kier alpha value is -0.940. The Labute approximate surface area is 109 Å². The summed E-state index contributed by atoms with van der Waals surface area (Å²) in [6.45, 7) is 0.588. The van der Waals surface area contributed by atoms with Gasteiger partial charge in [0, 0.05) is 17.5 Å². The van der Waals surface area contributed by atoms with E-state index < -0.39 is 4.92 Å². The highest BCUT2D eigenvalue weighted by Gasteiger charge is 2.42. The molecule has 0 saturated heterocycles. The molecule has 1 aliphatic rings. The van der Waals surface area contributed by atoms with Crippen molar-refractivity contribution in [3.05, 3.63) is 33.3 Å². The maximum atomic E-state index is 10.6. The molecule has 2 rings (SSSR count). The molecule has 0 bridgehead atoms. The fraction of sp³-hybridized carbons (Fsp3) is 0.455. The third-order valence-electron chi connectivity index (χ3n) is 2.95.